The van der Waals surface area contributed by atoms with Gasteiger partial charge in [-0.05, 0) is 51.6 Å². The molecule has 0 spiro atoms. The first-order chi connectivity index (χ1) is 9.40. The molecule has 0 saturated carbocycles. The van der Waals surface area contributed by atoms with Gasteiger partial charge >= 0.3 is 5.97 Å². The third kappa shape index (κ3) is 5.40. The maximum atomic E-state index is 11.8. The van der Waals surface area contributed by atoms with E-state index in [1.165, 1.54) is 0 Å². The number of hydrogen-bond donors (Lipinski definition) is 2. The van der Waals surface area contributed by atoms with Crippen LogP contribution in [-0.4, -0.2) is 41.5 Å². The second-order valence-corrected chi connectivity index (χ2v) is 5.02. The van der Waals surface area contributed by atoms with Crippen molar-refractivity contribution < 1.29 is 14.7 Å². The summed E-state index contributed by atoms with van der Waals surface area (Å²) in [5.74, 6) is -0.899. The van der Waals surface area contributed by atoms with Gasteiger partial charge in [0.25, 0.3) is 0 Å². The van der Waals surface area contributed by atoms with Crippen LogP contribution in [0.5, 0.6) is 0 Å². The highest BCUT2D eigenvalue weighted by Gasteiger charge is 2.16. The van der Waals surface area contributed by atoms with Crippen molar-refractivity contribution in [2.75, 3.05) is 18.9 Å². The van der Waals surface area contributed by atoms with Crippen LogP contribution in [0, 0.1) is 6.92 Å². The number of carboxylic acids is 1. The van der Waals surface area contributed by atoms with E-state index in [1.807, 2.05) is 31.2 Å². The third-order valence-electron chi connectivity index (χ3n) is 3.24. The molecule has 2 N–H and O–H groups in total. The fourth-order valence-electron chi connectivity index (χ4n) is 1.82. The summed E-state index contributed by atoms with van der Waals surface area (Å²) in [5, 5.41) is 11.7. The molecule has 0 fully saturated rings. The topological polar surface area (TPSA) is 69.6 Å². The minimum atomic E-state index is -0.850. The van der Waals surface area contributed by atoms with E-state index < -0.39 is 12.0 Å². The van der Waals surface area contributed by atoms with Crippen LogP contribution in [0.2, 0.25) is 0 Å². The number of amides is 1. The van der Waals surface area contributed by atoms with Crippen LogP contribution in [0.25, 0.3) is 0 Å². The molecule has 0 aliphatic heterocycles. The van der Waals surface area contributed by atoms with Crippen LogP contribution in [0.15, 0.2) is 24.3 Å². The first-order valence-electron chi connectivity index (χ1n) is 6.69. The Morgan fingerprint density at radius 2 is 2.10 bits per heavy atom. The van der Waals surface area contributed by atoms with Crippen molar-refractivity contribution in [3.05, 3.63) is 29.8 Å². The molecule has 20 heavy (non-hydrogen) atoms. The summed E-state index contributed by atoms with van der Waals surface area (Å²) in [6, 6.07) is 7.10. The Kier molecular flexibility index (Phi) is 6.18. The van der Waals surface area contributed by atoms with Gasteiger partial charge in [0.2, 0.25) is 5.91 Å². The molecule has 0 saturated heterocycles. The Hall–Kier alpha value is -1.88. The van der Waals surface area contributed by atoms with E-state index in [-0.39, 0.29) is 5.91 Å². The van der Waals surface area contributed by atoms with Gasteiger partial charge in [0.1, 0.15) is 6.04 Å². The van der Waals surface area contributed by atoms with E-state index in [1.54, 1.807) is 18.9 Å². The molecule has 1 unspecified atom stereocenters. The van der Waals surface area contributed by atoms with Crippen LogP contribution in [0.3, 0.4) is 0 Å². The zero-order valence-electron chi connectivity index (χ0n) is 12.2. The molecule has 0 heterocycles. The van der Waals surface area contributed by atoms with E-state index in [2.05, 4.69) is 5.32 Å². The lowest BCUT2D eigenvalue weighted by Gasteiger charge is -2.20. The highest BCUT2D eigenvalue weighted by Crippen LogP contribution is 2.10. The van der Waals surface area contributed by atoms with E-state index in [0.29, 0.717) is 19.4 Å². The van der Waals surface area contributed by atoms with Crippen molar-refractivity contribution in [1.29, 1.82) is 0 Å². The third-order valence-corrected chi connectivity index (χ3v) is 3.24. The fraction of sp³-hybridized carbons (Fsp3) is 0.467. The number of hydrogen-bond acceptors (Lipinski definition) is 3. The molecule has 110 valence electrons. The highest BCUT2D eigenvalue weighted by molar-refractivity contribution is 5.90. The van der Waals surface area contributed by atoms with Crippen molar-refractivity contribution in [2.45, 2.75) is 32.7 Å². The summed E-state index contributed by atoms with van der Waals surface area (Å²) < 4.78 is 0. The molecule has 5 nitrogen and oxygen atoms in total. The molecule has 1 aromatic rings. The molecule has 1 rings (SSSR count). The van der Waals surface area contributed by atoms with Crippen molar-refractivity contribution in [2.24, 2.45) is 0 Å². The highest BCUT2D eigenvalue weighted by atomic mass is 16.4. The van der Waals surface area contributed by atoms with Crippen LogP contribution in [0.4, 0.5) is 5.69 Å². The molecular weight excluding hydrogens is 256 g/mol. The summed E-state index contributed by atoms with van der Waals surface area (Å²) in [4.78, 5) is 24.3. The number of carbonyl (C=O) groups is 2. The largest absolute Gasteiger partial charge is 0.480 e. The summed E-state index contributed by atoms with van der Waals surface area (Å²) in [6.45, 7) is 4.18. The van der Waals surface area contributed by atoms with Gasteiger partial charge in [-0.3, -0.25) is 14.5 Å². The SMILES string of the molecule is Cc1cccc(NC(=O)CCCN(C)C(C)C(=O)O)c1. The van der Waals surface area contributed by atoms with Crippen LogP contribution < -0.4 is 5.32 Å². The van der Waals surface area contributed by atoms with Crippen molar-refractivity contribution in [3.63, 3.8) is 0 Å². The molecule has 0 aliphatic rings. The minimum absolute atomic E-state index is 0.0491. The number of carboxylic acid groups (broad SMARTS) is 1. The first-order valence-corrected chi connectivity index (χ1v) is 6.69. The number of likely N-dealkylation sites (N-methyl/N-ethyl adjacent to an activating group) is 1. The summed E-state index contributed by atoms with van der Waals surface area (Å²) in [6.07, 6.45) is 1.01. The van der Waals surface area contributed by atoms with Gasteiger partial charge < -0.3 is 10.4 Å². The molecule has 0 bridgehead atoms. The normalized spacial score (nSPS) is 12.2. The fourth-order valence-corrected chi connectivity index (χ4v) is 1.82. The predicted molar refractivity (Wildman–Crippen MR) is 78.8 cm³/mol. The van der Waals surface area contributed by atoms with E-state index in [0.717, 1.165) is 11.3 Å². The second-order valence-electron chi connectivity index (χ2n) is 5.02. The van der Waals surface area contributed by atoms with Gasteiger partial charge in [-0.25, -0.2) is 0 Å². The van der Waals surface area contributed by atoms with Crippen LogP contribution in [0.1, 0.15) is 25.3 Å². The predicted octanol–water partition coefficient (Wildman–Crippen LogP) is 2.12. The van der Waals surface area contributed by atoms with Gasteiger partial charge in [0.05, 0.1) is 0 Å². The number of carbonyl (C=O) groups excluding carboxylic acids is 1. The molecule has 0 aliphatic carbocycles. The number of nitrogens with one attached hydrogen (secondary N) is 1. The summed E-state index contributed by atoms with van der Waals surface area (Å²) >= 11 is 0. The van der Waals surface area contributed by atoms with E-state index >= 15 is 0 Å². The van der Waals surface area contributed by atoms with Gasteiger partial charge in [-0.1, -0.05) is 12.1 Å². The number of anilines is 1. The number of aryl methyl sites for hydroxylation is 1. The lowest BCUT2D eigenvalue weighted by atomic mass is 10.2. The zero-order chi connectivity index (χ0) is 15.1. The molecule has 1 amide bonds. The average molecular weight is 278 g/mol. The van der Waals surface area contributed by atoms with Gasteiger partial charge in [-0.2, -0.15) is 0 Å². The standard InChI is InChI=1S/C15H22N2O3/c1-11-6-4-7-13(10-11)16-14(18)8-5-9-17(3)12(2)15(19)20/h4,6-7,10,12H,5,8-9H2,1-3H3,(H,16,18)(H,19,20). The zero-order valence-corrected chi connectivity index (χ0v) is 12.2. The van der Waals surface area contributed by atoms with Gasteiger partial charge in [0, 0.05) is 12.1 Å². The summed E-state index contributed by atoms with van der Waals surface area (Å²) in [5.41, 5.74) is 1.89. The van der Waals surface area contributed by atoms with Crippen LogP contribution >= 0.6 is 0 Å². The van der Waals surface area contributed by atoms with Crippen LogP contribution in [-0.2, 0) is 9.59 Å². The molecule has 1 atom stereocenters. The monoisotopic (exact) mass is 278 g/mol. The summed E-state index contributed by atoms with van der Waals surface area (Å²) in [7, 11) is 1.75. The Balaban J connectivity index is 2.32. The Bertz CT molecular complexity index is 474. The maximum absolute atomic E-state index is 11.8. The number of aliphatic carboxylic acids is 1. The Labute approximate surface area is 119 Å². The minimum Gasteiger partial charge on any atom is -0.480 e. The molecule has 5 heteroatoms. The molecule has 1 aromatic carbocycles. The molecule has 0 aromatic heterocycles. The van der Waals surface area contributed by atoms with Crippen molar-refractivity contribution in [3.8, 4) is 0 Å². The average Bonchev–Trinajstić information content (AvgIpc) is 2.37. The van der Waals surface area contributed by atoms with E-state index in [9.17, 15) is 9.59 Å². The van der Waals surface area contributed by atoms with Gasteiger partial charge in [0.15, 0.2) is 0 Å². The number of nitrogens with zero attached hydrogens (tertiary/aromatic N) is 1. The number of benzene rings is 1. The Morgan fingerprint density at radius 1 is 1.40 bits per heavy atom. The smallest absolute Gasteiger partial charge is 0.320 e. The Morgan fingerprint density at radius 3 is 2.70 bits per heavy atom. The number of rotatable bonds is 7. The van der Waals surface area contributed by atoms with Gasteiger partial charge in [-0.15, -0.1) is 0 Å². The molecular formula is C15H22N2O3. The van der Waals surface area contributed by atoms with Crippen molar-refractivity contribution in [1.82, 2.24) is 4.90 Å². The quantitative estimate of drug-likeness (QED) is 0.801. The van der Waals surface area contributed by atoms with Crippen molar-refractivity contribution >= 4 is 17.6 Å². The lowest BCUT2D eigenvalue weighted by Crippen LogP contribution is -2.36. The first kappa shape index (κ1) is 16.2. The van der Waals surface area contributed by atoms with E-state index in [4.69, 9.17) is 5.11 Å². The lowest BCUT2D eigenvalue weighted by molar-refractivity contribution is -0.142. The maximum Gasteiger partial charge on any atom is 0.320 e. The second kappa shape index (κ2) is 7.65. The molecule has 0 radical (unpaired) electrons.